The zero-order valence-corrected chi connectivity index (χ0v) is 13.2. The van der Waals surface area contributed by atoms with Crippen LogP contribution in [-0.2, 0) is 14.3 Å². The number of hydrogen-bond acceptors (Lipinski definition) is 6. The number of carbonyl (C=O) groups is 2. The molecule has 6 nitrogen and oxygen atoms in total. The van der Waals surface area contributed by atoms with E-state index >= 15 is 0 Å². The number of hydrogen-bond donors (Lipinski definition) is 3. The van der Waals surface area contributed by atoms with Gasteiger partial charge in [-0.15, -0.1) is 0 Å². The van der Waals surface area contributed by atoms with Crippen LogP contribution in [0.15, 0.2) is 60.0 Å². The largest absolute Gasteiger partial charge is 0.508 e. The Bertz CT molecular complexity index is 917. The minimum atomic E-state index is -0.759. The molecule has 0 aliphatic heterocycles. The Morgan fingerprint density at radius 3 is 1.56 bits per heavy atom. The van der Waals surface area contributed by atoms with E-state index in [4.69, 9.17) is 4.74 Å². The third kappa shape index (κ3) is 2.74. The van der Waals surface area contributed by atoms with Crippen molar-refractivity contribution in [2.75, 3.05) is 7.11 Å². The van der Waals surface area contributed by atoms with Crippen molar-refractivity contribution < 1.29 is 29.6 Å². The average molecular weight is 338 g/mol. The Balaban J connectivity index is 2.16. The maximum Gasteiger partial charge on any atom is 0.232 e. The van der Waals surface area contributed by atoms with Crippen LogP contribution in [0.3, 0.4) is 0 Å². The van der Waals surface area contributed by atoms with Crippen LogP contribution in [0.2, 0.25) is 0 Å². The summed E-state index contributed by atoms with van der Waals surface area (Å²) in [7, 11) is 1.26. The lowest BCUT2D eigenvalue weighted by molar-refractivity contribution is -0.117. The molecule has 0 spiro atoms. The number of benzene rings is 2. The van der Waals surface area contributed by atoms with Gasteiger partial charge in [0, 0.05) is 0 Å². The van der Waals surface area contributed by atoms with Gasteiger partial charge in [-0.1, -0.05) is 24.3 Å². The molecule has 0 unspecified atom stereocenters. The summed E-state index contributed by atoms with van der Waals surface area (Å²) >= 11 is 0. The quantitative estimate of drug-likeness (QED) is 0.743. The van der Waals surface area contributed by atoms with Crippen LogP contribution in [0.4, 0.5) is 0 Å². The second-order valence-electron chi connectivity index (χ2n) is 5.38. The molecular formula is C19H14O6. The van der Waals surface area contributed by atoms with Crippen LogP contribution >= 0.6 is 0 Å². The Labute approximate surface area is 142 Å². The van der Waals surface area contributed by atoms with Crippen molar-refractivity contribution in [3.05, 3.63) is 71.2 Å². The fourth-order valence-corrected chi connectivity index (χ4v) is 2.65. The van der Waals surface area contributed by atoms with Gasteiger partial charge in [0.25, 0.3) is 0 Å². The second-order valence-corrected chi connectivity index (χ2v) is 5.38. The summed E-state index contributed by atoms with van der Waals surface area (Å²) in [5.41, 5.74) is 0.356. The summed E-state index contributed by atoms with van der Waals surface area (Å²) in [6.07, 6.45) is 0. The van der Waals surface area contributed by atoms with Crippen molar-refractivity contribution in [3.63, 3.8) is 0 Å². The maximum absolute atomic E-state index is 12.8. The molecule has 0 saturated carbocycles. The summed E-state index contributed by atoms with van der Waals surface area (Å²) in [4.78, 5) is 25.5. The van der Waals surface area contributed by atoms with E-state index < -0.39 is 17.3 Å². The fraction of sp³-hybridized carbons (Fsp3) is 0.0526. The van der Waals surface area contributed by atoms with Gasteiger partial charge in [-0.2, -0.15) is 0 Å². The number of ketones is 2. The number of carbonyl (C=O) groups excluding carboxylic acids is 2. The summed E-state index contributed by atoms with van der Waals surface area (Å²) in [5, 5.41) is 29.1. The van der Waals surface area contributed by atoms with Gasteiger partial charge in [0.1, 0.15) is 11.5 Å². The van der Waals surface area contributed by atoms with Crippen LogP contribution in [-0.4, -0.2) is 34.0 Å². The Morgan fingerprint density at radius 2 is 1.12 bits per heavy atom. The van der Waals surface area contributed by atoms with Gasteiger partial charge < -0.3 is 20.1 Å². The Kier molecular flexibility index (Phi) is 4.02. The highest BCUT2D eigenvalue weighted by molar-refractivity contribution is 6.46. The van der Waals surface area contributed by atoms with Gasteiger partial charge in [0.15, 0.2) is 11.5 Å². The molecule has 0 radical (unpaired) electrons. The molecule has 126 valence electrons. The Morgan fingerprint density at radius 1 is 0.680 bits per heavy atom. The van der Waals surface area contributed by atoms with Gasteiger partial charge in [-0.05, 0) is 35.4 Å². The van der Waals surface area contributed by atoms with Gasteiger partial charge >= 0.3 is 0 Å². The van der Waals surface area contributed by atoms with Crippen LogP contribution in [0.25, 0.3) is 11.1 Å². The van der Waals surface area contributed by atoms with Crippen molar-refractivity contribution in [1.29, 1.82) is 0 Å². The number of Topliss-reactive ketones (excluding diaryl/α,β-unsaturated/α-hetero) is 2. The third-order valence-corrected chi connectivity index (χ3v) is 3.86. The van der Waals surface area contributed by atoms with E-state index in [0.717, 1.165) is 0 Å². The first-order chi connectivity index (χ1) is 11.9. The predicted octanol–water partition coefficient (Wildman–Crippen LogP) is 2.58. The molecule has 3 rings (SSSR count). The van der Waals surface area contributed by atoms with Gasteiger partial charge in [0.05, 0.1) is 18.3 Å². The van der Waals surface area contributed by atoms with Crippen molar-refractivity contribution in [3.8, 4) is 11.5 Å². The number of ether oxygens (including phenoxy) is 1. The van der Waals surface area contributed by atoms with E-state index in [0.29, 0.717) is 5.56 Å². The molecule has 0 fully saturated rings. The van der Waals surface area contributed by atoms with E-state index in [1.165, 1.54) is 55.6 Å². The lowest BCUT2D eigenvalue weighted by atomic mass is 9.86. The van der Waals surface area contributed by atoms with Crippen LogP contribution < -0.4 is 0 Å². The summed E-state index contributed by atoms with van der Waals surface area (Å²) in [6, 6.07) is 11.2. The number of phenols is 2. The van der Waals surface area contributed by atoms with Crippen molar-refractivity contribution in [2.24, 2.45) is 0 Å². The van der Waals surface area contributed by atoms with E-state index in [-0.39, 0.29) is 34.0 Å². The molecule has 0 saturated heterocycles. The number of aliphatic hydroxyl groups excluding tert-OH is 1. The lowest BCUT2D eigenvalue weighted by Crippen LogP contribution is -2.23. The molecule has 0 atom stereocenters. The molecule has 25 heavy (non-hydrogen) atoms. The summed E-state index contributed by atoms with van der Waals surface area (Å²) in [5.74, 6) is -2.30. The monoisotopic (exact) mass is 338 g/mol. The average Bonchev–Trinajstić information content (AvgIpc) is 2.60. The lowest BCUT2D eigenvalue weighted by Gasteiger charge is -2.20. The van der Waals surface area contributed by atoms with Crippen molar-refractivity contribution >= 4 is 22.7 Å². The SMILES string of the molecule is COC1=C(c2ccc(O)cc2)C(=O)C(O)=C(c2ccc(O)cc2)C1=O. The Hall–Kier alpha value is -3.54. The number of rotatable bonds is 3. The molecule has 0 amide bonds. The predicted molar refractivity (Wildman–Crippen MR) is 89.7 cm³/mol. The molecule has 0 bridgehead atoms. The smallest absolute Gasteiger partial charge is 0.232 e. The molecule has 0 heterocycles. The third-order valence-electron chi connectivity index (χ3n) is 3.86. The minimum absolute atomic E-state index is 0.00227. The number of aromatic hydroxyl groups is 2. The van der Waals surface area contributed by atoms with Crippen LogP contribution in [0.1, 0.15) is 11.1 Å². The van der Waals surface area contributed by atoms with E-state index in [9.17, 15) is 24.9 Å². The van der Waals surface area contributed by atoms with E-state index in [2.05, 4.69) is 0 Å². The zero-order chi connectivity index (χ0) is 18.1. The number of allylic oxidation sites excluding steroid dienone is 2. The number of methoxy groups -OCH3 is 1. The normalized spacial score (nSPS) is 14.9. The standard InChI is InChI=1S/C19H14O6/c1-25-19-15(11-4-8-13(21)9-5-11)17(23)16(22)14(18(19)24)10-2-6-12(20)7-3-10/h2-9,20-22H,1H3. The van der Waals surface area contributed by atoms with Crippen LogP contribution in [0, 0.1) is 0 Å². The first-order valence-corrected chi connectivity index (χ1v) is 7.33. The first-order valence-electron chi connectivity index (χ1n) is 7.33. The summed E-state index contributed by atoms with van der Waals surface area (Å²) < 4.78 is 5.15. The highest BCUT2D eigenvalue weighted by atomic mass is 16.5. The van der Waals surface area contributed by atoms with Gasteiger partial charge in [-0.3, -0.25) is 9.59 Å². The van der Waals surface area contributed by atoms with E-state index in [1.807, 2.05) is 0 Å². The zero-order valence-electron chi connectivity index (χ0n) is 13.2. The fourth-order valence-electron chi connectivity index (χ4n) is 2.65. The molecule has 0 aromatic heterocycles. The minimum Gasteiger partial charge on any atom is -0.508 e. The molecule has 3 N–H and O–H groups in total. The maximum atomic E-state index is 12.8. The molecular weight excluding hydrogens is 324 g/mol. The number of phenolic OH excluding ortho intramolecular Hbond substituents is 2. The van der Waals surface area contributed by atoms with Gasteiger partial charge in [-0.25, -0.2) is 0 Å². The molecule has 6 heteroatoms. The first kappa shape index (κ1) is 16.3. The molecule has 2 aromatic rings. The highest BCUT2D eigenvalue weighted by Gasteiger charge is 2.37. The van der Waals surface area contributed by atoms with Gasteiger partial charge in [0.2, 0.25) is 11.6 Å². The van der Waals surface area contributed by atoms with Crippen molar-refractivity contribution in [2.45, 2.75) is 0 Å². The van der Waals surface area contributed by atoms with Crippen molar-refractivity contribution in [1.82, 2.24) is 0 Å². The number of aliphatic hydroxyl groups is 1. The highest BCUT2D eigenvalue weighted by Crippen LogP contribution is 2.35. The summed E-state index contributed by atoms with van der Waals surface area (Å²) in [6.45, 7) is 0. The molecule has 1 aliphatic rings. The second kappa shape index (κ2) is 6.16. The van der Waals surface area contributed by atoms with Crippen LogP contribution in [0.5, 0.6) is 11.5 Å². The topological polar surface area (TPSA) is 104 Å². The van der Waals surface area contributed by atoms with E-state index in [1.54, 1.807) is 0 Å². The molecule has 2 aromatic carbocycles. The molecule has 1 aliphatic carbocycles.